The zero-order chi connectivity index (χ0) is 14.4. The summed E-state index contributed by atoms with van der Waals surface area (Å²) in [6.45, 7) is 5.31. The van der Waals surface area contributed by atoms with E-state index in [4.69, 9.17) is 4.74 Å². The topological polar surface area (TPSA) is 29.5 Å². The van der Waals surface area contributed by atoms with E-state index in [-0.39, 0.29) is 12.5 Å². The number of nitrogens with zero attached hydrogens (tertiary/aromatic N) is 1. The lowest BCUT2D eigenvalue weighted by molar-refractivity contribution is -0.137. The number of aryl methyl sites for hydroxylation is 1. The number of hydrogen-bond donors (Lipinski definition) is 0. The van der Waals surface area contributed by atoms with E-state index in [0.717, 1.165) is 38.0 Å². The Hall–Kier alpha value is -1.51. The van der Waals surface area contributed by atoms with E-state index < -0.39 is 0 Å². The Morgan fingerprint density at radius 2 is 2.20 bits per heavy atom. The zero-order valence-electron chi connectivity index (χ0n) is 12.6. The van der Waals surface area contributed by atoms with Gasteiger partial charge in [-0.25, -0.2) is 0 Å². The van der Waals surface area contributed by atoms with Gasteiger partial charge in [0.15, 0.2) is 6.61 Å². The van der Waals surface area contributed by atoms with Crippen LogP contribution in [0.3, 0.4) is 0 Å². The van der Waals surface area contributed by atoms with E-state index in [1.165, 1.54) is 12.0 Å². The number of hydrogen-bond acceptors (Lipinski definition) is 2. The number of ether oxygens (including phenoxy) is 1. The van der Waals surface area contributed by atoms with Crippen molar-refractivity contribution >= 4 is 5.91 Å². The largest absolute Gasteiger partial charge is 0.484 e. The van der Waals surface area contributed by atoms with E-state index in [1.807, 2.05) is 23.1 Å². The molecule has 0 spiro atoms. The van der Waals surface area contributed by atoms with E-state index in [1.54, 1.807) is 0 Å². The van der Waals surface area contributed by atoms with Crippen LogP contribution in [0.1, 0.15) is 45.1 Å². The number of benzene rings is 1. The van der Waals surface area contributed by atoms with Gasteiger partial charge >= 0.3 is 0 Å². The number of carbonyl (C=O) groups excluding carboxylic acids is 1. The van der Waals surface area contributed by atoms with Crippen LogP contribution < -0.4 is 4.74 Å². The first kappa shape index (κ1) is 14.9. The van der Waals surface area contributed by atoms with Gasteiger partial charge in [0.1, 0.15) is 5.75 Å². The molecule has 1 fully saturated rings. The van der Waals surface area contributed by atoms with Gasteiger partial charge in [-0.05, 0) is 49.8 Å². The first-order chi connectivity index (χ1) is 9.74. The van der Waals surface area contributed by atoms with Crippen molar-refractivity contribution in [1.29, 1.82) is 0 Å². The molecule has 1 heterocycles. The highest BCUT2D eigenvalue weighted by molar-refractivity contribution is 5.78. The fourth-order valence-corrected chi connectivity index (χ4v) is 2.84. The molecule has 1 aliphatic rings. The molecule has 0 aliphatic carbocycles. The van der Waals surface area contributed by atoms with Gasteiger partial charge < -0.3 is 9.64 Å². The van der Waals surface area contributed by atoms with Crippen molar-refractivity contribution < 1.29 is 9.53 Å². The van der Waals surface area contributed by atoms with Gasteiger partial charge in [0.05, 0.1) is 0 Å². The van der Waals surface area contributed by atoms with Crippen molar-refractivity contribution in [3.63, 3.8) is 0 Å². The predicted octanol–water partition coefficient (Wildman–Crippen LogP) is 3.42. The molecule has 1 saturated heterocycles. The van der Waals surface area contributed by atoms with Crippen molar-refractivity contribution in [2.45, 2.75) is 52.0 Å². The summed E-state index contributed by atoms with van der Waals surface area (Å²) in [5, 5.41) is 0. The lowest BCUT2D eigenvalue weighted by atomic mass is 10.00. The Morgan fingerprint density at radius 3 is 2.95 bits per heavy atom. The van der Waals surface area contributed by atoms with Crippen LogP contribution in [-0.4, -0.2) is 30.0 Å². The van der Waals surface area contributed by atoms with Gasteiger partial charge in [0.25, 0.3) is 5.91 Å². The molecule has 0 saturated carbocycles. The maximum absolute atomic E-state index is 12.3. The van der Waals surface area contributed by atoms with Gasteiger partial charge in [-0.1, -0.05) is 26.0 Å². The van der Waals surface area contributed by atoms with Crippen LogP contribution in [0, 0.1) is 0 Å². The molecule has 1 amide bonds. The Balaban J connectivity index is 1.90. The summed E-state index contributed by atoms with van der Waals surface area (Å²) in [7, 11) is 0. The van der Waals surface area contributed by atoms with Crippen molar-refractivity contribution in [2.24, 2.45) is 0 Å². The Morgan fingerprint density at radius 1 is 1.35 bits per heavy atom. The molecule has 3 nitrogen and oxygen atoms in total. The molecular formula is C17H25NO2. The average molecular weight is 275 g/mol. The highest BCUT2D eigenvalue weighted by Gasteiger charge is 2.25. The van der Waals surface area contributed by atoms with Crippen LogP contribution in [0.15, 0.2) is 24.3 Å². The lowest BCUT2D eigenvalue weighted by Gasteiger charge is -2.35. The highest BCUT2D eigenvalue weighted by Crippen LogP contribution is 2.20. The van der Waals surface area contributed by atoms with Gasteiger partial charge in [-0.15, -0.1) is 0 Å². The molecule has 0 aromatic heterocycles. The summed E-state index contributed by atoms with van der Waals surface area (Å²) in [6.07, 6.45) is 5.51. The minimum atomic E-state index is 0.124. The fraction of sp³-hybridized carbons (Fsp3) is 0.588. The second-order valence-electron chi connectivity index (χ2n) is 5.43. The van der Waals surface area contributed by atoms with Crippen LogP contribution in [0.25, 0.3) is 0 Å². The number of rotatable bonds is 5. The van der Waals surface area contributed by atoms with Crippen molar-refractivity contribution in [2.75, 3.05) is 13.2 Å². The number of amides is 1. The van der Waals surface area contributed by atoms with Crippen LogP contribution in [0.2, 0.25) is 0 Å². The second-order valence-corrected chi connectivity index (χ2v) is 5.43. The molecule has 1 aromatic rings. The van der Waals surface area contributed by atoms with E-state index in [9.17, 15) is 4.79 Å². The molecule has 2 rings (SSSR count). The fourth-order valence-electron chi connectivity index (χ4n) is 2.84. The average Bonchev–Trinajstić information content (AvgIpc) is 2.52. The monoisotopic (exact) mass is 275 g/mol. The van der Waals surface area contributed by atoms with E-state index >= 15 is 0 Å². The number of piperidine rings is 1. The molecule has 3 heteroatoms. The third kappa shape index (κ3) is 3.75. The van der Waals surface area contributed by atoms with Gasteiger partial charge in [0, 0.05) is 12.6 Å². The van der Waals surface area contributed by atoms with Crippen LogP contribution in [0.4, 0.5) is 0 Å². The summed E-state index contributed by atoms with van der Waals surface area (Å²) < 4.78 is 5.67. The Labute approximate surface area is 121 Å². The van der Waals surface area contributed by atoms with E-state index in [2.05, 4.69) is 19.9 Å². The zero-order valence-corrected chi connectivity index (χ0v) is 12.6. The normalized spacial score (nSPS) is 18.9. The van der Waals surface area contributed by atoms with Gasteiger partial charge in [-0.3, -0.25) is 4.79 Å². The maximum atomic E-state index is 12.3. The smallest absolute Gasteiger partial charge is 0.260 e. The molecule has 1 atom stereocenters. The molecular weight excluding hydrogens is 250 g/mol. The van der Waals surface area contributed by atoms with Gasteiger partial charge in [-0.2, -0.15) is 0 Å². The molecule has 1 unspecified atom stereocenters. The summed E-state index contributed by atoms with van der Waals surface area (Å²) in [5.41, 5.74) is 1.24. The third-order valence-corrected chi connectivity index (χ3v) is 4.09. The standard InChI is InChI=1S/C17H25NO2/c1-3-14-8-7-10-16(12-14)20-13-17(19)18-11-6-5-9-15(18)4-2/h7-8,10,12,15H,3-6,9,11,13H2,1-2H3. The first-order valence-corrected chi connectivity index (χ1v) is 7.75. The number of carbonyl (C=O) groups is 1. The van der Waals surface area contributed by atoms with E-state index in [0.29, 0.717) is 6.04 Å². The van der Waals surface area contributed by atoms with Crippen molar-refractivity contribution in [1.82, 2.24) is 4.90 Å². The van der Waals surface area contributed by atoms with Gasteiger partial charge in [0.2, 0.25) is 0 Å². The summed E-state index contributed by atoms with van der Waals surface area (Å²) >= 11 is 0. The minimum absolute atomic E-state index is 0.124. The summed E-state index contributed by atoms with van der Waals surface area (Å²) in [5.74, 6) is 0.918. The quantitative estimate of drug-likeness (QED) is 0.824. The Bertz CT molecular complexity index is 444. The van der Waals surface area contributed by atoms with Crippen molar-refractivity contribution in [3.8, 4) is 5.75 Å². The molecule has 110 valence electrons. The molecule has 1 aromatic carbocycles. The highest BCUT2D eigenvalue weighted by atomic mass is 16.5. The molecule has 0 N–H and O–H groups in total. The first-order valence-electron chi connectivity index (χ1n) is 7.75. The molecule has 0 radical (unpaired) electrons. The van der Waals surface area contributed by atoms with Crippen LogP contribution in [-0.2, 0) is 11.2 Å². The van der Waals surface area contributed by atoms with Crippen LogP contribution >= 0.6 is 0 Å². The predicted molar refractivity (Wildman–Crippen MR) is 81.0 cm³/mol. The molecule has 20 heavy (non-hydrogen) atoms. The molecule has 0 bridgehead atoms. The second kappa shape index (κ2) is 7.32. The third-order valence-electron chi connectivity index (χ3n) is 4.09. The van der Waals surface area contributed by atoms with Crippen LogP contribution in [0.5, 0.6) is 5.75 Å². The SMILES string of the molecule is CCc1cccc(OCC(=O)N2CCCCC2CC)c1. The lowest BCUT2D eigenvalue weighted by Crippen LogP contribution is -2.45. The van der Waals surface area contributed by atoms with Crippen molar-refractivity contribution in [3.05, 3.63) is 29.8 Å². The Kier molecular flexibility index (Phi) is 5.45. The minimum Gasteiger partial charge on any atom is -0.484 e. The number of likely N-dealkylation sites (tertiary alicyclic amines) is 1. The maximum Gasteiger partial charge on any atom is 0.260 e. The molecule has 1 aliphatic heterocycles. The summed E-state index contributed by atoms with van der Waals surface area (Å²) in [6, 6.07) is 8.39. The summed E-state index contributed by atoms with van der Waals surface area (Å²) in [4.78, 5) is 14.3.